The smallest absolute Gasteiger partial charge is 0.360 e. The van der Waals surface area contributed by atoms with Crippen molar-refractivity contribution < 1.29 is 28.3 Å². The molecule has 3 rings (SSSR count). The molecule has 8 heteroatoms. The second-order valence-corrected chi connectivity index (χ2v) is 6.22. The Morgan fingerprint density at radius 1 is 1.14 bits per heavy atom. The molecular formula is C21H21FN2O5. The number of rotatable bonds is 7. The van der Waals surface area contributed by atoms with Crippen molar-refractivity contribution in [3.05, 3.63) is 64.5 Å². The van der Waals surface area contributed by atoms with Gasteiger partial charge in [-0.1, -0.05) is 28.5 Å². The lowest BCUT2D eigenvalue weighted by Gasteiger charge is -2.11. The van der Waals surface area contributed by atoms with E-state index in [2.05, 4.69) is 19.9 Å². The topological polar surface area (TPSA) is 78.7 Å². The Bertz CT molecular complexity index is 972. The van der Waals surface area contributed by atoms with E-state index < -0.39 is 11.8 Å². The number of hydrogen-bond donors (Lipinski definition) is 0. The minimum atomic E-state index is -0.818. The molecule has 0 amide bonds. The van der Waals surface area contributed by atoms with Gasteiger partial charge in [-0.05, 0) is 36.6 Å². The Kier molecular flexibility index (Phi) is 6.43. The fraction of sp³-hybridized carbons (Fsp3) is 0.286. The van der Waals surface area contributed by atoms with Gasteiger partial charge >= 0.3 is 5.97 Å². The van der Waals surface area contributed by atoms with Crippen LogP contribution in [0, 0.1) is 5.82 Å². The Morgan fingerprint density at radius 3 is 2.69 bits per heavy atom. The molecule has 0 aromatic heterocycles. The Hall–Kier alpha value is -3.42. The lowest BCUT2D eigenvalue weighted by atomic mass is 10.0. The molecule has 0 spiro atoms. The predicted molar refractivity (Wildman–Crippen MR) is 105 cm³/mol. The van der Waals surface area contributed by atoms with Crippen LogP contribution in [-0.4, -0.2) is 38.7 Å². The molecule has 0 heterocycles. The van der Waals surface area contributed by atoms with Gasteiger partial charge in [0.05, 0.1) is 25.5 Å². The third kappa shape index (κ3) is 4.37. The molecule has 1 aliphatic carbocycles. The van der Waals surface area contributed by atoms with Gasteiger partial charge in [0, 0.05) is 11.1 Å². The number of methoxy groups -OCH3 is 2. The second-order valence-electron chi connectivity index (χ2n) is 6.22. The van der Waals surface area contributed by atoms with Crippen molar-refractivity contribution in [3.8, 4) is 5.75 Å². The molecule has 0 fully saturated rings. The van der Waals surface area contributed by atoms with Gasteiger partial charge in [-0.15, -0.1) is 0 Å². The Morgan fingerprint density at radius 2 is 1.97 bits per heavy atom. The fourth-order valence-corrected chi connectivity index (χ4v) is 3.16. The van der Waals surface area contributed by atoms with Gasteiger partial charge in [0.2, 0.25) is 0 Å². The van der Waals surface area contributed by atoms with Crippen LogP contribution in [0.3, 0.4) is 0 Å². The molecule has 152 valence electrons. The number of carbonyl (C=O) groups is 1. The summed E-state index contributed by atoms with van der Waals surface area (Å²) in [5, 5.41) is 7.85. The normalized spacial score (nSPS) is 14.5. The van der Waals surface area contributed by atoms with Crippen molar-refractivity contribution >= 4 is 17.4 Å². The summed E-state index contributed by atoms with van der Waals surface area (Å²) in [6, 6.07) is 10.2. The van der Waals surface area contributed by atoms with Crippen LogP contribution in [0.1, 0.15) is 28.7 Å². The van der Waals surface area contributed by atoms with Crippen molar-refractivity contribution in [2.45, 2.75) is 19.4 Å². The van der Waals surface area contributed by atoms with E-state index in [1.54, 1.807) is 13.2 Å². The van der Waals surface area contributed by atoms with Gasteiger partial charge in [-0.2, -0.15) is 0 Å². The molecule has 0 saturated carbocycles. The highest BCUT2D eigenvalue weighted by Gasteiger charge is 2.24. The van der Waals surface area contributed by atoms with Crippen LogP contribution in [0.25, 0.3) is 0 Å². The van der Waals surface area contributed by atoms with E-state index in [9.17, 15) is 9.18 Å². The molecule has 2 aromatic carbocycles. The number of nitrogens with zero attached hydrogens (tertiary/aromatic N) is 2. The fourth-order valence-electron chi connectivity index (χ4n) is 3.16. The van der Waals surface area contributed by atoms with Gasteiger partial charge in [0.15, 0.2) is 5.71 Å². The molecule has 0 aliphatic heterocycles. The lowest BCUT2D eigenvalue weighted by molar-refractivity contribution is -0.132. The first-order chi connectivity index (χ1) is 14.1. The average Bonchev–Trinajstić information content (AvgIpc) is 3.14. The van der Waals surface area contributed by atoms with Crippen LogP contribution in [-0.2, 0) is 32.2 Å². The van der Waals surface area contributed by atoms with Crippen molar-refractivity contribution in [1.29, 1.82) is 0 Å². The van der Waals surface area contributed by atoms with E-state index in [4.69, 9.17) is 9.57 Å². The van der Waals surface area contributed by atoms with E-state index in [-0.39, 0.29) is 17.9 Å². The van der Waals surface area contributed by atoms with Gasteiger partial charge in [0.25, 0.3) is 0 Å². The number of carbonyl (C=O) groups excluding carboxylic acids is 1. The number of fused-ring (bicyclic) bond motifs is 1. The zero-order valence-electron chi connectivity index (χ0n) is 16.4. The predicted octanol–water partition coefficient (Wildman–Crippen LogP) is 3.22. The van der Waals surface area contributed by atoms with E-state index >= 15 is 0 Å². The molecular weight excluding hydrogens is 379 g/mol. The summed E-state index contributed by atoms with van der Waals surface area (Å²) in [5.74, 6) is -0.721. The Balaban J connectivity index is 1.85. The molecule has 2 aromatic rings. The van der Waals surface area contributed by atoms with Gasteiger partial charge in [-0.3, -0.25) is 0 Å². The van der Waals surface area contributed by atoms with Crippen molar-refractivity contribution in [3.63, 3.8) is 0 Å². The van der Waals surface area contributed by atoms with Gasteiger partial charge < -0.3 is 19.1 Å². The zero-order valence-corrected chi connectivity index (χ0v) is 16.4. The average molecular weight is 400 g/mol. The highest BCUT2D eigenvalue weighted by Crippen LogP contribution is 2.27. The summed E-state index contributed by atoms with van der Waals surface area (Å²) < 4.78 is 24.4. The number of benzene rings is 2. The highest BCUT2D eigenvalue weighted by molar-refractivity contribution is 6.43. The number of esters is 1. The maximum atomic E-state index is 14.5. The van der Waals surface area contributed by atoms with Crippen LogP contribution >= 0.6 is 0 Å². The molecule has 0 atom stereocenters. The largest absolute Gasteiger partial charge is 0.497 e. The zero-order chi connectivity index (χ0) is 20.8. The minimum Gasteiger partial charge on any atom is -0.497 e. The molecule has 0 radical (unpaired) electrons. The summed E-state index contributed by atoms with van der Waals surface area (Å²) in [6.07, 6.45) is 1.59. The quantitative estimate of drug-likeness (QED) is 0.405. The van der Waals surface area contributed by atoms with E-state index in [1.807, 2.05) is 18.2 Å². The highest BCUT2D eigenvalue weighted by atomic mass is 19.1. The standard InChI is InChI=1S/C21H21FN2O5/c1-26-15-9-7-13-8-10-18(16(13)11-15)23-29-12-14-5-4-6-17(22)19(14)20(24-28-3)21(25)27-2/h4-7,9,11H,8,10,12H2,1-3H3/b23-18+,24-20+. The number of oxime groups is 2. The summed E-state index contributed by atoms with van der Waals surface area (Å²) in [6.45, 7) is -0.0599. The molecule has 0 bridgehead atoms. The number of ether oxygens (including phenoxy) is 2. The first kappa shape index (κ1) is 20.3. The van der Waals surface area contributed by atoms with Crippen molar-refractivity contribution in [2.24, 2.45) is 10.3 Å². The molecule has 1 aliphatic rings. The van der Waals surface area contributed by atoms with Crippen LogP contribution in [0.5, 0.6) is 5.75 Å². The second kappa shape index (κ2) is 9.18. The SMILES string of the molecule is CO/N=C(/C(=O)OC)c1c(F)cccc1CO/N=C1\CCc2ccc(OC)cc21. The van der Waals surface area contributed by atoms with E-state index in [1.165, 1.54) is 31.9 Å². The van der Waals surface area contributed by atoms with Gasteiger partial charge in [0.1, 0.15) is 25.3 Å². The summed E-state index contributed by atoms with van der Waals surface area (Å²) in [5.41, 5.74) is 2.99. The minimum absolute atomic E-state index is 0.0464. The first-order valence-electron chi connectivity index (χ1n) is 8.92. The first-order valence-corrected chi connectivity index (χ1v) is 8.92. The van der Waals surface area contributed by atoms with E-state index in [0.717, 1.165) is 29.9 Å². The molecule has 0 N–H and O–H groups in total. The van der Waals surface area contributed by atoms with Crippen LogP contribution in [0.4, 0.5) is 4.39 Å². The van der Waals surface area contributed by atoms with Gasteiger partial charge in [-0.25, -0.2) is 9.18 Å². The van der Waals surface area contributed by atoms with Crippen LogP contribution < -0.4 is 4.74 Å². The monoisotopic (exact) mass is 400 g/mol. The summed E-state index contributed by atoms with van der Waals surface area (Å²) in [7, 11) is 4.05. The molecule has 7 nitrogen and oxygen atoms in total. The number of aryl methyl sites for hydroxylation is 1. The summed E-state index contributed by atoms with van der Waals surface area (Å²) in [4.78, 5) is 22.2. The Labute approximate surface area is 167 Å². The molecule has 0 unspecified atom stereocenters. The number of halogens is 1. The molecule has 0 saturated heterocycles. The van der Waals surface area contributed by atoms with Crippen LogP contribution in [0.2, 0.25) is 0 Å². The van der Waals surface area contributed by atoms with Crippen LogP contribution in [0.15, 0.2) is 46.7 Å². The third-order valence-electron chi connectivity index (χ3n) is 4.55. The number of hydrogen-bond acceptors (Lipinski definition) is 7. The maximum Gasteiger partial charge on any atom is 0.360 e. The lowest BCUT2D eigenvalue weighted by Crippen LogP contribution is -2.21. The summed E-state index contributed by atoms with van der Waals surface area (Å²) >= 11 is 0. The third-order valence-corrected chi connectivity index (χ3v) is 4.55. The van der Waals surface area contributed by atoms with Crippen molar-refractivity contribution in [1.82, 2.24) is 0 Å². The van der Waals surface area contributed by atoms with E-state index in [0.29, 0.717) is 5.56 Å². The maximum absolute atomic E-state index is 14.5. The van der Waals surface area contributed by atoms with Crippen molar-refractivity contribution in [2.75, 3.05) is 21.3 Å². The molecule has 29 heavy (non-hydrogen) atoms.